The molecule has 0 amide bonds. The summed E-state index contributed by atoms with van der Waals surface area (Å²) in [5.74, 6) is -0.436. The van der Waals surface area contributed by atoms with E-state index >= 15 is 0 Å². The molecule has 0 fully saturated rings. The number of anilines is 1. The number of hydrogen-bond donors (Lipinski definition) is 1. The normalized spacial score (nSPS) is 10.4. The van der Waals surface area contributed by atoms with E-state index in [4.69, 9.17) is 5.73 Å². The number of nitrogen functional groups attached to an aromatic ring is 1. The van der Waals surface area contributed by atoms with Gasteiger partial charge in [-0.3, -0.25) is 0 Å². The second kappa shape index (κ2) is 3.42. The first-order valence-electron chi connectivity index (χ1n) is 3.93. The van der Waals surface area contributed by atoms with Gasteiger partial charge in [0.2, 0.25) is 0 Å². The van der Waals surface area contributed by atoms with Crippen LogP contribution >= 0.6 is 15.9 Å². The highest BCUT2D eigenvalue weighted by atomic mass is 79.9. The third-order valence-electron chi connectivity index (χ3n) is 1.81. The Kier molecular flexibility index (Phi) is 2.25. The summed E-state index contributed by atoms with van der Waals surface area (Å²) in [6, 6.07) is 6.33. The van der Waals surface area contributed by atoms with Crippen molar-refractivity contribution in [2.45, 2.75) is 0 Å². The molecule has 0 aliphatic heterocycles. The van der Waals surface area contributed by atoms with Gasteiger partial charge in [-0.15, -0.1) is 0 Å². The monoisotopic (exact) mass is 255 g/mol. The maximum absolute atomic E-state index is 13.1. The van der Waals surface area contributed by atoms with Crippen LogP contribution in [0.5, 0.6) is 0 Å². The molecule has 0 bridgehead atoms. The van der Waals surface area contributed by atoms with Gasteiger partial charge in [-0.2, -0.15) is 5.10 Å². The molecule has 0 saturated heterocycles. The van der Waals surface area contributed by atoms with Gasteiger partial charge in [-0.05, 0) is 34.1 Å². The summed E-state index contributed by atoms with van der Waals surface area (Å²) in [5.41, 5.74) is 6.14. The molecular formula is C9H7BrFN3. The van der Waals surface area contributed by atoms with Crippen LogP contribution in [0.4, 0.5) is 10.1 Å². The van der Waals surface area contributed by atoms with Crippen molar-refractivity contribution in [3.63, 3.8) is 0 Å². The highest BCUT2D eigenvalue weighted by Crippen LogP contribution is 2.16. The number of benzene rings is 1. The summed E-state index contributed by atoms with van der Waals surface area (Å²) in [7, 11) is 0. The molecule has 3 nitrogen and oxygen atoms in total. The number of hydrogen-bond acceptors (Lipinski definition) is 2. The SMILES string of the molecule is Nc1ccc(-n2ccc(Br)n2)cc1F. The van der Waals surface area contributed by atoms with Crippen molar-refractivity contribution in [2.24, 2.45) is 0 Å². The highest BCUT2D eigenvalue weighted by Gasteiger charge is 2.02. The van der Waals surface area contributed by atoms with Crippen LogP contribution in [0.25, 0.3) is 5.69 Å². The van der Waals surface area contributed by atoms with E-state index in [1.165, 1.54) is 12.1 Å². The Morgan fingerprint density at radius 1 is 1.36 bits per heavy atom. The van der Waals surface area contributed by atoms with Crippen LogP contribution in [0.3, 0.4) is 0 Å². The van der Waals surface area contributed by atoms with E-state index in [1.807, 2.05) is 0 Å². The topological polar surface area (TPSA) is 43.8 Å². The van der Waals surface area contributed by atoms with Crippen molar-refractivity contribution in [1.29, 1.82) is 0 Å². The van der Waals surface area contributed by atoms with E-state index in [1.54, 1.807) is 23.0 Å². The van der Waals surface area contributed by atoms with E-state index < -0.39 is 5.82 Å². The molecule has 0 saturated carbocycles. The first kappa shape index (κ1) is 9.21. The number of rotatable bonds is 1. The van der Waals surface area contributed by atoms with Gasteiger partial charge in [0.05, 0.1) is 11.4 Å². The number of aromatic nitrogens is 2. The third kappa shape index (κ3) is 1.63. The average molecular weight is 256 g/mol. The first-order chi connectivity index (χ1) is 6.66. The maximum atomic E-state index is 13.1. The third-order valence-corrected chi connectivity index (χ3v) is 2.23. The molecule has 0 radical (unpaired) electrons. The van der Waals surface area contributed by atoms with Crippen LogP contribution in [0.1, 0.15) is 0 Å². The molecule has 0 aliphatic rings. The Morgan fingerprint density at radius 3 is 2.71 bits per heavy atom. The van der Waals surface area contributed by atoms with E-state index in [0.29, 0.717) is 10.3 Å². The van der Waals surface area contributed by atoms with Crippen LogP contribution in [0, 0.1) is 5.82 Å². The number of halogens is 2. The van der Waals surface area contributed by atoms with Gasteiger partial charge < -0.3 is 5.73 Å². The summed E-state index contributed by atoms with van der Waals surface area (Å²) >= 11 is 3.21. The summed E-state index contributed by atoms with van der Waals surface area (Å²) in [6.07, 6.45) is 1.73. The first-order valence-corrected chi connectivity index (χ1v) is 4.73. The van der Waals surface area contributed by atoms with E-state index in [0.717, 1.165) is 0 Å². The minimum atomic E-state index is -0.436. The van der Waals surface area contributed by atoms with E-state index in [-0.39, 0.29) is 5.69 Å². The molecule has 2 rings (SSSR count). The van der Waals surface area contributed by atoms with Gasteiger partial charge >= 0.3 is 0 Å². The number of nitrogens with two attached hydrogens (primary N) is 1. The van der Waals surface area contributed by atoms with Gasteiger partial charge in [0, 0.05) is 12.3 Å². The lowest BCUT2D eigenvalue weighted by molar-refractivity contribution is 0.630. The summed E-state index contributed by atoms with van der Waals surface area (Å²) < 4.78 is 15.4. The zero-order chi connectivity index (χ0) is 10.1. The molecule has 0 spiro atoms. The van der Waals surface area contributed by atoms with Gasteiger partial charge in [0.1, 0.15) is 10.4 Å². The van der Waals surface area contributed by atoms with Crippen molar-refractivity contribution in [1.82, 2.24) is 9.78 Å². The van der Waals surface area contributed by atoms with Crippen molar-refractivity contribution in [3.8, 4) is 5.69 Å². The summed E-state index contributed by atoms with van der Waals surface area (Å²) in [4.78, 5) is 0. The molecule has 0 aliphatic carbocycles. The van der Waals surface area contributed by atoms with Crippen molar-refractivity contribution >= 4 is 21.6 Å². The largest absolute Gasteiger partial charge is 0.396 e. The van der Waals surface area contributed by atoms with E-state index in [2.05, 4.69) is 21.0 Å². The minimum absolute atomic E-state index is 0.139. The fourth-order valence-electron chi connectivity index (χ4n) is 1.10. The van der Waals surface area contributed by atoms with E-state index in [9.17, 15) is 4.39 Å². The Morgan fingerprint density at radius 2 is 2.14 bits per heavy atom. The quantitative estimate of drug-likeness (QED) is 0.796. The lowest BCUT2D eigenvalue weighted by atomic mass is 10.3. The Bertz CT molecular complexity index is 467. The Labute approximate surface area is 88.5 Å². The van der Waals surface area contributed by atoms with Crippen LogP contribution < -0.4 is 5.73 Å². The Balaban J connectivity index is 2.47. The number of nitrogens with zero attached hydrogens (tertiary/aromatic N) is 2. The van der Waals surface area contributed by atoms with Crippen LogP contribution in [-0.4, -0.2) is 9.78 Å². The lowest BCUT2D eigenvalue weighted by Crippen LogP contribution is -1.97. The second-order valence-electron chi connectivity index (χ2n) is 2.79. The molecule has 0 atom stereocenters. The summed E-state index contributed by atoms with van der Waals surface area (Å²) in [5, 5.41) is 4.08. The van der Waals surface area contributed by atoms with Crippen LogP contribution in [-0.2, 0) is 0 Å². The Hall–Kier alpha value is -1.36. The molecular weight excluding hydrogens is 249 g/mol. The van der Waals surface area contributed by atoms with Gasteiger partial charge in [-0.1, -0.05) is 0 Å². The zero-order valence-corrected chi connectivity index (χ0v) is 8.70. The van der Waals surface area contributed by atoms with Crippen molar-refractivity contribution in [2.75, 3.05) is 5.73 Å². The fraction of sp³-hybridized carbons (Fsp3) is 0. The summed E-state index contributed by atoms with van der Waals surface area (Å²) in [6.45, 7) is 0. The average Bonchev–Trinajstić information content (AvgIpc) is 2.57. The standard InChI is InChI=1S/C9H7BrFN3/c10-9-3-4-14(13-9)6-1-2-8(12)7(11)5-6/h1-5H,12H2. The van der Waals surface area contributed by atoms with Gasteiger partial charge in [-0.25, -0.2) is 9.07 Å². The smallest absolute Gasteiger partial charge is 0.148 e. The second-order valence-corrected chi connectivity index (χ2v) is 3.60. The predicted octanol–water partition coefficient (Wildman–Crippen LogP) is 2.36. The molecule has 2 aromatic rings. The fourth-order valence-corrected chi connectivity index (χ4v) is 1.39. The minimum Gasteiger partial charge on any atom is -0.396 e. The van der Waals surface area contributed by atoms with Gasteiger partial charge in [0.25, 0.3) is 0 Å². The van der Waals surface area contributed by atoms with Crippen LogP contribution in [0.15, 0.2) is 35.1 Å². The maximum Gasteiger partial charge on any atom is 0.148 e. The predicted molar refractivity (Wildman–Crippen MR) is 55.6 cm³/mol. The molecule has 1 aromatic carbocycles. The zero-order valence-electron chi connectivity index (χ0n) is 7.11. The molecule has 0 unspecified atom stereocenters. The lowest BCUT2D eigenvalue weighted by Gasteiger charge is -2.02. The highest BCUT2D eigenvalue weighted by molar-refractivity contribution is 9.10. The van der Waals surface area contributed by atoms with Crippen molar-refractivity contribution in [3.05, 3.63) is 40.9 Å². The van der Waals surface area contributed by atoms with Gasteiger partial charge in [0.15, 0.2) is 0 Å². The van der Waals surface area contributed by atoms with Crippen LogP contribution in [0.2, 0.25) is 0 Å². The molecule has 1 aromatic heterocycles. The molecule has 5 heteroatoms. The molecule has 72 valence electrons. The molecule has 1 heterocycles. The van der Waals surface area contributed by atoms with Crippen molar-refractivity contribution < 1.29 is 4.39 Å². The molecule has 2 N–H and O–H groups in total. The molecule has 14 heavy (non-hydrogen) atoms.